The van der Waals surface area contributed by atoms with Crippen molar-refractivity contribution in [2.24, 2.45) is 5.92 Å². The smallest absolute Gasteiger partial charge is 0.419 e. The molecule has 0 amide bonds. The van der Waals surface area contributed by atoms with Gasteiger partial charge in [-0.15, -0.1) is 0 Å². The summed E-state index contributed by atoms with van der Waals surface area (Å²) in [7, 11) is 1.30. The van der Waals surface area contributed by atoms with Crippen molar-refractivity contribution < 1.29 is 27.1 Å². The number of ether oxygens (including phenoxy) is 1. The third kappa shape index (κ3) is 5.64. The number of halogens is 4. The van der Waals surface area contributed by atoms with E-state index in [4.69, 9.17) is 4.74 Å². The van der Waals surface area contributed by atoms with Gasteiger partial charge in [0.2, 0.25) is 0 Å². The van der Waals surface area contributed by atoms with Crippen LogP contribution in [0, 0.1) is 11.7 Å². The van der Waals surface area contributed by atoms with Gasteiger partial charge in [0, 0.05) is 24.4 Å². The quantitative estimate of drug-likeness (QED) is 0.444. The molecule has 4 atom stereocenters. The zero-order valence-electron chi connectivity index (χ0n) is 17.6. The largest absolute Gasteiger partial charge is 0.469 e. The molecule has 3 unspecified atom stereocenters. The van der Waals surface area contributed by atoms with Gasteiger partial charge in [0.15, 0.2) is 0 Å². The van der Waals surface area contributed by atoms with Crippen molar-refractivity contribution in [3.05, 3.63) is 71.0 Å². The average molecular weight is 437 g/mol. The molecule has 0 heterocycles. The highest BCUT2D eigenvalue weighted by Gasteiger charge is 2.39. The molecule has 0 spiro atoms. The minimum absolute atomic E-state index is 0.0342. The molecule has 7 heteroatoms. The Morgan fingerprint density at radius 2 is 1.87 bits per heavy atom. The van der Waals surface area contributed by atoms with Crippen molar-refractivity contribution in [3.8, 4) is 0 Å². The van der Waals surface area contributed by atoms with Crippen LogP contribution in [0.5, 0.6) is 0 Å². The Labute approximate surface area is 179 Å². The van der Waals surface area contributed by atoms with Gasteiger partial charge in [-0.05, 0) is 48.9 Å². The number of hydrogen-bond donors (Lipinski definition) is 1. The van der Waals surface area contributed by atoms with Crippen LogP contribution in [0.25, 0.3) is 0 Å². The van der Waals surface area contributed by atoms with E-state index in [9.17, 15) is 22.4 Å². The van der Waals surface area contributed by atoms with Crippen LogP contribution in [0.4, 0.5) is 17.6 Å². The number of carbonyl (C=O) groups is 1. The lowest BCUT2D eigenvalue weighted by atomic mass is 9.70. The molecule has 1 fully saturated rings. The van der Waals surface area contributed by atoms with Gasteiger partial charge in [-0.2, -0.15) is 13.2 Å². The van der Waals surface area contributed by atoms with E-state index in [1.54, 1.807) is 0 Å². The predicted octanol–water partition coefficient (Wildman–Crippen LogP) is 6.01. The second-order valence-electron chi connectivity index (χ2n) is 8.14. The van der Waals surface area contributed by atoms with Crippen molar-refractivity contribution >= 4 is 5.97 Å². The van der Waals surface area contributed by atoms with Gasteiger partial charge in [-0.1, -0.05) is 42.8 Å². The molecule has 3 rings (SSSR count). The molecule has 168 valence electrons. The second-order valence-corrected chi connectivity index (χ2v) is 8.14. The van der Waals surface area contributed by atoms with Crippen molar-refractivity contribution in [1.29, 1.82) is 0 Å². The summed E-state index contributed by atoms with van der Waals surface area (Å²) in [5.41, 5.74) is 0.175. The number of nitrogens with one attached hydrogen (secondary N) is 1. The monoisotopic (exact) mass is 437 g/mol. The minimum Gasteiger partial charge on any atom is -0.469 e. The lowest BCUT2D eigenvalue weighted by molar-refractivity contribution is -0.142. The Morgan fingerprint density at radius 3 is 2.52 bits per heavy atom. The predicted molar refractivity (Wildman–Crippen MR) is 110 cm³/mol. The summed E-state index contributed by atoms with van der Waals surface area (Å²) in [6, 6.07) is 12.7. The maximum absolute atomic E-state index is 13.9. The summed E-state index contributed by atoms with van der Waals surface area (Å²) in [5.74, 6) is -2.27. The highest BCUT2D eigenvalue weighted by molar-refractivity contribution is 5.69. The third-order valence-electron chi connectivity index (χ3n) is 6.13. The molecule has 1 aliphatic rings. The number of rotatable bonds is 6. The van der Waals surface area contributed by atoms with Gasteiger partial charge in [-0.25, -0.2) is 4.39 Å². The lowest BCUT2D eigenvalue weighted by Gasteiger charge is -2.40. The fraction of sp³-hybridized carbons (Fsp3) is 0.458. The SMILES string of the molecule is COC(=O)CC1CCCC(N[C@@H](C)c2ccccc2)C1c1ccc(F)c(C(F)(F)F)c1. The van der Waals surface area contributed by atoms with Crippen LogP contribution in [0.15, 0.2) is 48.5 Å². The van der Waals surface area contributed by atoms with Crippen molar-refractivity contribution in [2.75, 3.05) is 7.11 Å². The third-order valence-corrected chi connectivity index (χ3v) is 6.13. The standard InChI is InChI=1S/C24H27F4NO2/c1-15(16-7-4-3-5-8-16)29-21-10-6-9-17(14-22(30)31-2)23(21)18-11-12-20(25)19(13-18)24(26,27)28/h3-5,7-8,11-13,15,17,21,23,29H,6,9-10,14H2,1-2H3/t15-,17?,21?,23?/m0/s1. The van der Waals surface area contributed by atoms with Crippen molar-refractivity contribution in [3.63, 3.8) is 0 Å². The van der Waals surface area contributed by atoms with Crippen LogP contribution < -0.4 is 5.32 Å². The van der Waals surface area contributed by atoms with Crippen LogP contribution in [0.2, 0.25) is 0 Å². The second kappa shape index (κ2) is 9.81. The van der Waals surface area contributed by atoms with Gasteiger partial charge >= 0.3 is 12.1 Å². The molecular weight excluding hydrogens is 410 g/mol. The summed E-state index contributed by atoms with van der Waals surface area (Å²) in [6.07, 6.45) is -2.40. The summed E-state index contributed by atoms with van der Waals surface area (Å²) >= 11 is 0. The van der Waals surface area contributed by atoms with Crippen molar-refractivity contribution in [2.45, 2.75) is 56.8 Å². The normalized spacial score (nSPS) is 22.7. The van der Waals surface area contributed by atoms with E-state index in [0.717, 1.165) is 30.5 Å². The topological polar surface area (TPSA) is 38.3 Å². The summed E-state index contributed by atoms with van der Waals surface area (Å²) < 4.78 is 58.8. The molecule has 0 aliphatic heterocycles. The first-order valence-electron chi connectivity index (χ1n) is 10.4. The molecule has 31 heavy (non-hydrogen) atoms. The summed E-state index contributed by atoms with van der Waals surface area (Å²) in [5, 5.41) is 3.55. The fourth-order valence-corrected chi connectivity index (χ4v) is 4.63. The Morgan fingerprint density at radius 1 is 1.16 bits per heavy atom. The number of methoxy groups -OCH3 is 1. The highest BCUT2D eigenvalue weighted by atomic mass is 19.4. The maximum Gasteiger partial charge on any atom is 0.419 e. The first kappa shape index (κ1) is 23.3. The van der Waals surface area contributed by atoms with Gasteiger partial charge in [0.25, 0.3) is 0 Å². The van der Waals surface area contributed by atoms with Crippen LogP contribution in [-0.2, 0) is 15.7 Å². The molecular formula is C24H27F4NO2. The molecule has 3 nitrogen and oxygen atoms in total. The zero-order chi connectivity index (χ0) is 22.6. The van der Waals surface area contributed by atoms with Crippen molar-refractivity contribution in [1.82, 2.24) is 5.32 Å². The first-order valence-corrected chi connectivity index (χ1v) is 10.4. The van der Waals surface area contributed by atoms with E-state index < -0.39 is 23.5 Å². The van der Waals surface area contributed by atoms with E-state index in [1.165, 1.54) is 13.2 Å². The number of esters is 1. The van der Waals surface area contributed by atoms with Gasteiger partial charge in [0.05, 0.1) is 12.7 Å². The Bertz CT molecular complexity index is 885. The molecule has 0 saturated heterocycles. The van der Waals surface area contributed by atoms with E-state index in [-0.39, 0.29) is 30.3 Å². The van der Waals surface area contributed by atoms with Crippen LogP contribution in [0.1, 0.15) is 61.3 Å². The van der Waals surface area contributed by atoms with Crippen LogP contribution in [0.3, 0.4) is 0 Å². The highest BCUT2D eigenvalue weighted by Crippen LogP contribution is 2.43. The Kier molecular flexibility index (Phi) is 7.36. The van der Waals surface area contributed by atoms with E-state index >= 15 is 0 Å². The van der Waals surface area contributed by atoms with Gasteiger partial charge < -0.3 is 10.1 Å². The zero-order valence-corrected chi connectivity index (χ0v) is 17.6. The molecule has 2 aromatic carbocycles. The first-order chi connectivity index (χ1) is 14.7. The lowest BCUT2D eigenvalue weighted by Crippen LogP contribution is -2.43. The molecule has 0 aromatic heterocycles. The van der Waals surface area contributed by atoms with E-state index in [0.29, 0.717) is 12.0 Å². The molecule has 0 bridgehead atoms. The number of alkyl halides is 3. The van der Waals surface area contributed by atoms with Crippen LogP contribution in [-0.4, -0.2) is 19.1 Å². The number of carbonyl (C=O) groups excluding carboxylic acids is 1. The van der Waals surface area contributed by atoms with E-state index in [1.807, 2.05) is 37.3 Å². The fourth-order valence-electron chi connectivity index (χ4n) is 4.63. The molecule has 0 radical (unpaired) electrons. The van der Waals surface area contributed by atoms with E-state index in [2.05, 4.69) is 5.32 Å². The maximum atomic E-state index is 13.9. The Balaban J connectivity index is 1.96. The van der Waals surface area contributed by atoms with Crippen LogP contribution >= 0.6 is 0 Å². The van der Waals surface area contributed by atoms with Gasteiger partial charge in [-0.3, -0.25) is 4.79 Å². The summed E-state index contributed by atoms with van der Waals surface area (Å²) in [6.45, 7) is 2.00. The molecule has 2 aromatic rings. The van der Waals surface area contributed by atoms with Gasteiger partial charge in [0.1, 0.15) is 5.82 Å². The Hall–Kier alpha value is -2.41. The number of hydrogen-bond acceptors (Lipinski definition) is 3. The molecule has 1 aliphatic carbocycles. The average Bonchev–Trinajstić information content (AvgIpc) is 2.74. The number of benzene rings is 2. The molecule has 1 N–H and O–H groups in total. The molecule has 1 saturated carbocycles. The minimum atomic E-state index is -4.78. The summed E-state index contributed by atoms with van der Waals surface area (Å²) in [4.78, 5) is 12.0.